The summed E-state index contributed by atoms with van der Waals surface area (Å²) in [6, 6.07) is 4.54. The van der Waals surface area contributed by atoms with E-state index in [0.717, 1.165) is 6.54 Å². The van der Waals surface area contributed by atoms with Crippen LogP contribution in [0.1, 0.15) is 27.2 Å². The van der Waals surface area contributed by atoms with E-state index in [-0.39, 0.29) is 18.1 Å². The van der Waals surface area contributed by atoms with Crippen molar-refractivity contribution in [1.82, 2.24) is 4.90 Å². The molecular weight excluding hydrogens is 269 g/mol. The van der Waals surface area contributed by atoms with Gasteiger partial charge in [0.25, 0.3) is 0 Å². The summed E-state index contributed by atoms with van der Waals surface area (Å²) in [5.41, 5.74) is 6.19. The molecule has 1 saturated heterocycles. The first-order chi connectivity index (χ1) is 9.86. The van der Waals surface area contributed by atoms with Crippen molar-refractivity contribution in [1.29, 1.82) is 0 Å². The fraction of sp³-hybridized carbons (Fsp3) is 0.562. The van der Waals surface area contributed by atoms with E-state index in [1.54, 1.807) is 0 Å². The number of rotatable bonds is 3. The third-order valence-electron chi connectivity index (χ3n) is 4.33. The highest BCUT2D eigenvalue weighted by molar-refractivity contribution is 5.92. The molecule has 1 heterocycles. The number of hydrogen-bond acceptors (Lipinski definition) is 3. The van der Waals surface area contributed by atoms with Gasteiger partial charge in [-0.05, 0) is 43.4 Å². The molecule has 1 aliphatic rings. The van der Waals surface area contributed by atoms with E-state index in [4.69, 9.17) is 5.73 Å². The van der Waals surface area contributed by atoms with E-state index in [2.05, 4.69) is 31.0 Å². The molecule has 3 atom stereocenters. The van der Waals surface area contributed by atoms with Gasteiger partial charge in [0.05, 0.1) is 12.2 Å². The van der Waals surface area contributed by atoms with Crippen LogP contribution in [-0.2, 0) is 4.79 Å². The van der Waals surface area contributed by atoms with Crippen molar-refractivity contribution in [2.45, 2.75) is 33.2 Å². The summed E-state index contributed by atoms with van der Waals surface area (Å²) < 4.78 is 13.6. The predicted molar refractivity (Wildman–Crippen MR) is 83.4 cm³/mol. The Hall–Kier alpha value is -1.62. The van der Waals surface area contributed by atoms with Crippen LogP contribution in [0.25, 0.3) is 0 Å². The van der Waals surface area contributed by atoms with Crippen LogP contribution in [0, 0.1) is 17.7 Å². The fourth-order valence-corrected chi connectivity index (χ4v) is 3.05. The molecule has 116 valence electrons. The van der Waals surface area contributed by atoms with Crippen LogP contribution in [0.2, 0.25) is 0 Å². The molecule has 5 heteroatoms. The molecule has 0 radical (unpaired) electrons. The van der Waals surface area contributed by atoms with Crippen molar-refractivity contribution in [3.63, 3.8) is 0 Å². The van der Waals surface area contributed by atoms with Gasteiger partial charge in [0.1, 0.15) is 5.82 Å². The van der Waals surface area contributed by atoms with Gasteiger partial charge in [0.15, 0.2) is 0 Å². The topological polar surface area (TPSA) is 58.4 Å². The largest absolute Gasteiger partial charge is 0.399 e. The highest BCUT2D eigenvalue weighted by Crippen LogP contribution is 2.26. The van der Waals surface area contributed by atoms with Crippen molar-refractivity contribution >= 4 is 17.3 Å². The Morgan fingerprint density at radius 2 is 2.14 bits per heavy atom. The predicted octanol–water partition coefficient (Wildman–Crippen LogP) is 2.71. The van der Waals surface area contributed by atoms with E-state index < -0.39 is 5.82 Å². The quantitative estimate of drug-likeness (QED) is 0.842. The molecule has 3 unspecified atom stereocenters. The highest BCUT2D eigenvalue weighted by Gasteiger charge is 2.29. The summed E-state index contributed by atoms with van der Waals surface area (Å²) in [6.45, 7) is 7.74. The van der Waals surface area contributed by atoms with Crippen molar-refractivity contribution in [2.24, 2.45) is 11.8 Å². The van der Waals surface area contributed by atoms with Crippen molar-refractivity contribution in [3.8, 4) is 0 Å². The Kier molecular flexibility index (Phi) is 4.83. The van der Waals surface area contributed by atoms with E-state index in [0.29, 0.717) is 23.6 Å². The molecule has 0 spiro atoms. The molecule has 1 amide bonds. The van der Waals surface area contributed by atoms with Gasteiger partial charge in [-0.2, -0.15) is 0 Å². The van der Waals surface area contributed by atoms with Crippen LogP contribution in [0.4, 0.5) is 15.8 Å². The van der Waals surface area contributed by atoms with Crippen molar-refractivity contribution in [3.05, 3.63) is 24.0 Å². The maximum absolute atomic E-state index is 13.6. The molecular formula is C16H24FN3O. The summed E-state index contributed by atoms with van der Waals surface area (Å²) in [5.74, 6) is 0.470. The maximum atomic E-state index is 13.6. The first-order valence-electron chi connectivity index (χ1n) is 7.45. The number of carbonyl (C=O) groups is 1. The van der Waals surface area contributed by atoms with Gasteiger partial charge in [-0.15, -0.1) is 0 Å². The van der Waals surface area contributed by atoms with Gasteiger partial charge >= 0.3 is 0 Å². The Morgan fingerprint density at radius 1 is 1.43 bits per heavy atom. The molecule has 21 heavy (non-hydrogen) atoms. The molecule has 0 bridgehead atoms. The minimum absolute atomic E-state index is 0.144. The maximum Gasteiger partial charge on any atom is 0.238 e. The second kappa shape index (κ2) is 6.43. The summed E-state index contributed by atoms with van der Waals surface area (Å²) in [5, 5.41) is 2.61. The van der Waals surface area contributed by atoms with Crippen LogP contribution >= 0.6 is 0 Å². The zero-order chi connectivity index (χ0) is 15.6. The standard InChI is InChI=1S/C16H24FN3O/c1-10-6-11(2)12(3)20(8-10)9-16(21)19-15-7-13(18)4-5-14(15)17/h4-5,7,10-12H,6,8-9,18H2,1-3H3,(H,19,21). The molecule has 2 rings (SSSR count). The molecule has 1 aromatic carbocycles. The van der Waals surface area contributed by atoms with Crippen molar-refractivity contribution in [2.75, 3.05) is 24.1 Å². The van der Waals surface area contributed by atoms with Crippen LogP contribution in [0.3, 0.4) is 0 Å². The molecule has 4 nitrogen and oxygen atoms in total. The lowest BCUT2D eigenvalue weighted by Gasteiger charge is -2.40. The zero-order valence-electron chi connectivity index (χ0n) is 12.9. The Labute approximate surface area is 125 Å². The zero-order valence-corrected chi connectivity index (χ0v) is 12.9. The van der Waals surface area contributed by atoms with E-state index in [1.165, 1.54) is 24.6 Å². The minimum atomic E-state index is -0.467. The highest BCUT2D eigenvalue weighted by atomic mass is 19.1. The number of benzene rings is 1. The number of nitrogens with one attached hydrogen (secondary N) is 1. The average Bonchev–Trinajstić information content (AvgIpc) is 2.39. The number of amides is 1. The lowest BCUT2D eigenvalue weighted by Crippen LogP contribution is -2.48. The first-order valence-corrected chi connectivity index (χ1v) is 7.45. The lowest BCUT2D eigenvalue weighted by atomic mass is 9.86. The van der Waals surface area contributed by atoms with Gasteiger partial charge in [0, 0.05) is 18.3 Å². The Balaban J connectivity index is 1.99. The number of likely N-dealkylation sites (tertiary alicyclic amines) is 1. The van der Waals surface area contributed by atoms with Gasteiger partial charge < -0.3 is 11.1 Å². The first kappa shape index (κ1) is 15.8. The summed E-state index contributed by atoms with van der Waals surface area (Å²) in [6.07, 6.45) is 1.18. The Morgan fingerprint density at radius 3 is 2.86 bits per heavy atom. The summed E-state index contributed by atoms with van der Waals surface area (Å²) in [4.78, 5) is 14.3. The van der Waals surface area contributed by atoms with Crippen molar-refractivity contribution < 1.29 is 9.18 Å². The molecule has 0 aromatic heterocycles. The van der Waals surface area contributed by atoms with Crippen LogP contribution in [0.15, 0.2) is 18.2 Å². The van der Waals surface area contributed by atoms with Gasteiger partial charge in [0.2, 0.25) is 5.91 Å². The number of halogens is 1. The Bertz CT molecular complexity index is 520. The minimum Gasteiger partial charge on any atom is -0.399 e. The third-order valence-corrected chi connectivity index (χ3v) is 4.33. The normalized spacial score (nSPS) is 26.6. The summed E-state index contributed by atoms with van der Waals surface area (Å²) >= 11 is 0. The van der Waals surface area contributed by atoms with E-state index >= 15 is 0 Å². The number of nitrogens with two attached hydrogens (primary N) is 1. The van der Waals surface area contributed by atoms with Crippen LogP contribution in [0.5, 0.6) is 0 Å². The smallest absolute Gasteiger partial charge is 0.238 e. The molecule has 0 saturated carbocycles. The molecule has 1 aromatic rings. The van der Waals surface area contributed by atoms with E-state index in [9.17, 15) is 9.18 Å². The SMILES string of the molecule is CC1CC(C)C(C)N(CC(=O)Nc2cc(N)ccc2F)C1. The van der Waals surface area contributed by atoms with E-state index in [1.807, 2.05) is 0 Å². The molecule has 0 aliphatic carbocycles. The van der Waals surface area contributed by atoms with Gasteiger partial charge in [-0.1, -0.05) is 13.8 Å². The lowest BCUT2D eigenvalue weighted by molar-refractivity contribution is -0.118. The number of carbonyl (C=O) groups excluding carboxylic acids is 1. The molecule has 3 N–H and O–H groups in total. The van der Waals surface area contributed by atoms with Gasteiger partial charge in [-0.3, -0.25) is 9.69 Å². The summed E-state index contributed by atoms with van der Waals surface area (Å²) in [7, 11) is 0. The van der Waals surface area contributed by atoms with Gasteiger partial charge in [-0.25, -0.2) is 4.39 Å². The van der Waals surface area contributed by atoms with Crippen LogP contribution < -0.4 is 11.1 Å². The fourth-order valence-electron chi connectivity index (χ4n) is 3.05. The molecule has 1 fully saturated rings. The number of piperidine rings is 1. The molecule has 1 aliphatic heterocycles. The second-order valence-corrected chi connectivity index (χ2v) is 6.28. The third kappa shape index (κ3) is 3.94. The number of hydrogen-bond donors (Lipinski definition) is 2. The average molecular weight is 293 g/mol. The number of anilines is 2. The van der Waals surface area contributed by atoms with Crippen LogP contribution in [-0.4, -0.2) is 29.9 Å². The second-order valence-electron chi connectivity index (χ2n) is 6.28. The number of nitrogen functional groups attached to an aromatic ring is 1. The monoisotopic (exact) mass is 293 g/mol. The number of nitrogens with zero attached hydrogens (tertiary/aromatic N) is 1.